The van der Waals surface area contributed by atoms with Crippen LogP contribution in [-0.4, -0.2) is 41.0 Å². The number of amides is 2. The second-order valence-electron chi connectivity index (χ2n) is 8.68. The van der Waals surface area contributed by atoms with Crippen molar-refractivity contribution in [1.82, 2.24) is 9.91 Å². The molecule has 1 unspecified atom stereocenters. The Bertz CT molecular complexity index is 1010. The Balaban J connectivity index is 1.61. The molecule has 0 aromatic heterocycles. The average Bonchev–Trinajstić information content (AvgIpc) is 3.48. The fourth-order valence-corrected chi connectivity index (χ4v) is 3.88. The lowest BCUT2D eigenvalue weighted by molar-refractivity contribution is -0.141. The second kappa shape index (κ2) is 8.05. The van der Waals surface area contributed by atoms with E-state index in [0.29, 0.717) is 6.42 Å². The van der Waals surface area contributed by atoms with Gasteiger partial charge in [0.1, 0.15) is 6.54 Å². The summed E-state index contributed by atoms with van der Waals surface area (Å²) in [6.07, 6.45) is 2.53. The Kier molecular flexibility index (Phi) is 5.46. The number of hydrogen-bond donors (Lipinski definition) is 0. The van der Waals surface area contributed by atoms with Crippen LogP contribution in [0.5, 0.6) is 0 Å². The summed E-state index contributed by atoms with van der Waals surface area (Å²) in [5.41, 5.74) is 6.65. The Hall–Kier alpha value is -2.95. The molecule has 0 bridgehead atoms. The van der Waals surface area contributed by atoms with Gasteiger partial charge >= 0.3 is 0 Å². The van der Waals surface area contributed by atoms with E-state index in [4.69, 9.17) is 5.10 Å². The summed E-state index contributed by atoms with van der Waals surface area (Å²) >= 11 is 0. The first kappa shape index (κ1) is 20.3. The summed E-state index contributed by atoms with van der Waals surface area (Å²) in [6, 6.07) is 14.4. The van der Waals surface area contributed by atoms with Crippen LogP contribution in [0, 0.1) is 26.7 Å². The summed E-state index contributed by atoms with van der Waals surface area (Å²) in [7, 11) is 1.71. The Morgan fingerprint density at radius 2 is 1.73 bits per heavy atom. The van der Waals surface area contributed by atoms with Gasteiger partial charge < -0.3 is 4.90 Å². The van der Waals surface area contributed by atoms with Crippen molar-refractivity contribution in [2.45, 2.75) is 46.1 Å². The van der Waals surface area contributed by atoms with E-state index in [-0.39, 0.29) is 30.3 Å². The van der Waals surface area contributed by atoms with Gasteiger partial charge in [-0.25, -0.2) is 5.01 Å². The van der Waals surface area contributed by atoms with Gasteiger partial charge in [-0.1, -0.05) is 42.0 Å². The van der Waals surface area contributed by atoms with Gasteiger partial charge in [-0.05, 0) is 61.9 Å². The third kappa shape index (κ3) is 4.16. The summed E-state index contributed by atoms with van der Waals surface area (Å²) < 4.78 is 0. The van der Waals surface area contributed by atoms with Gasteiger partial charge in [0.25, 0.3) is 5.91 Å². The van der Waals surface area contributed by atoms with Crippen molar-refractivity contribution in [3.05, 3.63) is 70.3 Å². The smallest absolute Gasteiger partial charge is 0.262 e. The number of hydrogen-bond acceptors (Lipinski definition) is 3. The maximum absolute atomic E-state index is 13.2. The van der Waals surface area contributed by atoms with Crippen LogP contribution in [0.15, 0.2) is 47.6 Å². The van der Waals surface area contributed by atoms with Crippen LogP contribution in [0.2, 0.25) is 0 Å². The minimum Gasteiger partial charge on any atom is -0.336 e. The molecular formula is C25H29N3O2. The molecule has 2 aliphatic rings. The summed E-state index contributed by atoms with van der Waals surface area (Å²) in [6.45, 7) is 6.29. The highest BCUT2D eigenvalue weighted by Crippen LogP contribution is 2.34. The van der Waals surface area contributed by atoms with E-state index in [0.717, 1.165) is 29.7 Å². The van der Waals surface area contributed by atoms with Crippen molar-refractivity contribution >= 4 is 17.5 Å². The predicted octanol–water partition coefficient (Wildman–Crippen LogP) is 4.16. The zero-order valence-electron chi connectivity index (χ0n) is 18.2. The number of carbonyl (C=O) groups excluding carboxylic acids is 2. The third-order valence-electron chi connectivity index (χ3n) is 6.14. The van der Waals surface area contributed by atoms with Crippen molar-refractivity contribution in [3.63, 3.8) is 0 Å². The summed E-state index contributed by atoms with van der Waals surface area (Å²) in [4.78, 5) is 27.0. The minimum atomic E-state index is -0.154. The van der Waals surface area contributed by atoms with E-state index in [1.807, 2.05) is 0 Å². The topological polar surface area (TPSA) is 53.0 Å². The number of hydrazone groups is 1. The predicted molar refractivity (Wildman–Crippen MR) is 118 cm³/mol. The van der Waals surface area contributed by atoms with Gasteiger partial charge in [-0.15, -0.1) is 0 Å². The van der Waals surface area contributed by atoms with Gasteiger partial charge in [0, 0.05) is 19.4 Å². The summed E-state index contributed by atoms with van der Waals surface area (Å²) in [5, 5.41) is 6.33. The lowest BCUT2D eigenvalue weighted by Crippen LogP contribution is -2.39. The van der Waals surface area contributed by atoms with E-state index in [2.05, 4.69) is 63.2 Å². The number of aryl methyl sites for hydroxylation is 3. The molecule has 1 heterocycles. The lowest BCUT2D eigenvalue weighted by Gasteiger charge is -2.25. The molecule has 0 N–H and O–H groups in total. The number of nitrogens with zero attached hydrogens (tertiary/aromatic N) is 3. The molecule has 30 heavy (non-hydrogen) atoms. The highest BCUT2D eigenvalue weighted by atomic mass is 16.2. The standard InChI is InChI=1S/C25H29N3O2/c1-16-5-8-19(9-6-16)23-14-22(21-10-7-17(2)18(3)13-21)26-28(23)24(29)15-27(4)25(30)20-11-12-20/h5-10,13,20,23H,11-12,14-15H2,1-4H3. The summed E-state index contributed by atoms with van der Waals surface area (Å²) in [5.74, 6) is 0.0209. The maximum atomic E-state index is 13.2. The Morgan fingerprint density at radius 1 is 1.03 bits per heavy atom. The molecule has 5 nitrogen and oxygen atoms in total. The van der Waals surface area contributed by atoms with Gasteiger partial charge in [0.2, 0.25) is 5.91 Å². The fraction of sp³-hybridized carbons (Fsp3) is 0.400. The number of benzene rings is 2. The molecule has 1 saturated carbocycles. The first-order chi connectivity index (χ1) is 14.3. The first-order valence-electron chi connectivity index (χ1n) is 10.6. The highest BCUT2D eigenvalue weighted by Gasteiger charge is 2.36. The van der Waals surface area contributed by atoms with Crippen molar-refractivity contribution < 1.29 is 9.59 Å². The van der Waals surface area contributed by atoms with Crippen LogP contribution in [0.25, 0.3) is 0 Å². The van der Waals surface area contributed by atoms with Crippen LogP contribution < -0.4 is 0 Å². The largest absolute Gasteiger partial charge is 0.336 e. The molecule has 0 saturated heterocycles. The van der Waals surface area contributed by atoms with Gasteiger partial charge in [-0.3, -0.25) is 9.59 Å². The fourth-order valence-electron chi connectivity index (χ4n) is 3.88. The van der Waals surface area contributed by atoms with E-state index in [1.165, 1.54) is 16.7 Å². The molecule has 2 aromatic rings. The van der Waals surface area contributed by atoms with Crippen LogP contribution in [0.3, 0.4) is 0 Å². The van der Waals surface area contributed by atoms with Crippen molar-refractivity contribution in [2.24, 2.45) is 11.0 Å². The van der Waals surface area contributed by atoms with Crippen molar-refractivity contribution in [3.8, 4) is 0 Å². The SMILES string of the molecule is Cc1ccc(C2CC(c3ccc(C)c(C)c3)=NN2C(=O)CN(C)C(=O)C2CC2)cc1. The van der Waals surface area contributed by atoms with Gasteiger partial charge in [0.05, 0.1) is 11.8 Å². The van der Waals surface area contributed by atoms with Crippen LogP contribution in [0.1, 0.15) is 53.1 Å². The van der Waals surface area contributed by atoms with Crippen molar-refractivity contribution in [1.29, 1.82) is 0 Å². The molecule has 1 fully saturated rings. The quantitative estimate of drug-likeness (QED) is 0.753. The molecule has 156 valence electrons. The molecule has 2 amide bonds. The Morgan fingerprint density at radius 3 is 2.37 bits per heavy atom. The zero-order valence-corrected chi connectivity index (χ0v) is 18.2. The normalized spacial score (nSPS) is 18.3. The average molecular weight is 404 g/mol. The molecule has 0 spiro atoms. The first-order valence-corrected chi connectivity index (χ1v) is 10.6. The van der Waals surface area contributed by atoms with Crippen LogP contribution >= 0.6 is 0 Å². The van der Waals surface area contributed by atoms with E-state index in [1.54, 1.807) is 17.0 Å². The molecule has 1 atom stereocenters. The molecule has 4 rings (SSSR count). The highest BCUT2D eigenvalue weighted by molar-refractivity contribution is 6.03. The molecule has 2 aromatic carbocycles. The minimum absolute atomic E-state index is 0.0569. The van der Waals surface area contributed by atoms with Crippen LogP contribution in [0.4, 0.5) is 0 Å². The number of carbonyl (C=O) groups is 2. The van der Waals surface area contributed by atoms with Crippen molar-refractivity contribution in [2.75, 3.05) is 13.6 Å². The third-order valence-corrected chi connectivity index (χ3v) is 6.14. The van der Waals surface area contributed by atoms with Gasteiger partial charge in [0.15, 0.2) is 0 Å². The molecule has 5 heteroatoms. The zero-order chi connectivity index (χ0) is 21.4. The molecule has 0 radical (unpaired) electrons. The van der Waals surface area contributed by atoms with E-state index in [9.17, 15) is 9.59 Å². The second-order valence-corrected chi connectivity index (χ2v) is 8.68. The molecule has 1 aliphatic heterocycles. The molecular weight excluding hydrogens is 374 g/mol. The lowest BCUT2D eigenvalue weighted by atomic mass is 9.96. The monoisotopic (exact) mass is 403 g/mol. The van der Waals surface area contributed by atoms with Crippen LogP contribution in [-0.2, 0) is 9.59 Å². The maximum Gasteiger partial charge on any atom is 0.262 e. The molecule has 1 aliphatic carbocycles. The Labute approximate surface area is 178 Å². The number of likely N-dealkylation sites (N-methyl/N-ethyl adjacent to an activating group) is 1. The van der Waals surface area contributed by atoms with Gasteiger partial charge in [-0.2, -0.15) is 5.10 Å². The van der Waals surface area contributed by atoms with E-state index >= 15 is 0 Å². The van der Waals surface area contributed by atoms with E-state index < -0.39 is 0 Å². The number of rotatable bonds is 5.